The number of thioether (sulfide) groups is 1. The summed E-state index contributed by atoms with van der Waals surface area (Å²) in [4.78, 5) is 45.1. The molecule has 0 bridgehead atoms. The Morgan fingerprint density at radius 2 is 1.04 bits per heavy atom. The summed E-state index contributed by atoms with van der Waals surface area (Å²) in [5.41, 5.74) is -0.262. The van der Waals surface area contributed by atoms with Gasteiger partial charge in [0.15, 0.2) is 0 Å². The smallest absolute Gasteiger partial charge is 0.333 e. The summed E-state index contributed by atoms with van der Waals surface area (Å²) in [6, 6.07) is 0. The summed E-state index contributed by atoms with van der Waals surface area (Å²) in [6.07, 6.45) is 20.0. The van der Waals surface area contributed by atoms with E-state index in [1.54, 1.807) is 6.92 Å². The first-order valence-corrected chi connectivity index (χ1v) is 20.9. The summed E-state index contributed by atoms with van der Waals surface area (Å²) < 4.78 is 19.9. The summed E-state index contributed by atoms with van der Waals surface area (Å²) in [6.45, 7) is 24.7. The minimum atomic E-state index is -0.413. The van der Waals surface area contributed by atoms with E-state index in [0.717, 1.165) is 32.1 Å². The van der Waals surface area contributed by atoms with Crippen molar-refractivity contribution < 1.29 is 38.1 Å². The highest BCUT2D eigenvalue weighted by Crippen LogP contribution is 2.22. The van der Waals surface area contributed by atoms with Crippen molar-refractivity contribution in [1.82, 2.24) is 0 Å². The molecular weight excluding hydrogens is 665 g/mol. The fraction of sp³-hybridized carbons (Fsp3) is 0.857. The quantitative estimate of drug-likeness (QED) is 0.0335. The zero-order chi connectivity index (χ0) is 39.6. The number of hydrogen-bond donors (Lipinski definition) is 0. The molecule has 0 saturated heterocycles. The molecule has 0 fully saturated rings. The molecule has 0 aliphatic carbocycles. The average Bonchev–Trinajstić information content (AvgIpc) is 3.09. The highest BCUT2D eigenvalue weighted by atomic mass is 32.2. The van der Waals surface area contributed by atoms with Crippen molar-refractivity contribution in [3.05, 3.63) is 12.2 Å². The molecule has 302 valence electrons. The number of rotatable bonds is 28. The maximum absolute atomic E-state index is 11.7. The Morgan fingerprint density at radius 3 is 1.47 bits per heavy atom. The Labute approximate surface area is 318 Å². The maximum atomic E-state index is 11.7. The van der Waals surface area contributed by atoms with Crippen LogP contribution in [-0.4, -0.2) is 61.8 Å². The number of carbonyl (C=O) groups is 4. The maximum Gasteiger partial charge on any atom is 0.333 e. The molecule has 0 spiro atoms. The van der Waals surface area contributed by atoms with Crippen molar-refractivity contribution in [2.45, 2.75) is 190 Å². The third-order valence-corrected chi connectivity index (χ3v) is 9.84. The molecule has 0 aromatic carbocycles. The van der Waals surface area contributed by atoms with Crippen LogP contribution in [0.4, 0.5) is 0 Å². The van der Waals surface area contributed by atoms with Crippen molar-refractivity contribution in [2.24, 2.45) is 10.8 Å². The molecule has 0 N–H and O–H groups in total. The van der Waals surface area contributed by atoms with E-state index in [2.05, 4.69) is 32.1 Å². The van der Waals surface area contributed by atoms with Crippen molar-refractivity contribution in [3.8, 4) is 0 Å². The van der Waals surface area contributed by atoms with Crippen LogP contribution >= 0.6 is 11.8 Å². The van der Waals surface area contributed by atoms with Crippen LogP contribution in [0.5, 0.6) is 0 Å². The minimum absolute atomic E-state index is 0.0454. The largest absolute Gasteiger partial charge is 0.469 e. The number of ether oxygens (including phenoxy) is 4. The van der Waals surface area contributed by atoms with Gasteiger partial charge in [-0.3, -0.25) is 14.4 Å². The summed E-state index contributed by atoms with van der Waals surface area (Å²) in [5.74, 6) is 0.395. The van der Waals surface area contributed by atoms with Crippen molar-refractivity contribution in [1.29, 1.82) is 0 Å². The minimum Gasteiger partial charge on any atom is -0.469 e. The third kappa shape index (κ3) is 36.1. The third-order valence-electron chi connectivity index (χ3n) is 8.65. The monoisotopic (exact) mass is 745 g/mol. The highest BCUT2D eigenvalue weighted by Gasteiger charge is 2.27. The lowest BCUT2D eigenvalue weighted by Gasteiger charge is -2.20. The van der Waals surface area contributed by atoms with Crippen LogP contribution in [0.1, 0.15) is 185 Å². The first kappa shape index (κ1) is 53.3. The zero-order valence-electron chi connectivity index (χ0n) is 35.0. The summed E-state index contributed by atoms with van der Waals surface area (Å²) in [5, 5.41) is 0.704. The van der Waals surface area contributed by atoms with Gasteiger partial charge in [0, 0.05) is 12.0 Å². The molecule has 0 aromatic rings. The van der Waals surface area contributed by atoms with E-state index >= 15 is 0 Å². The Balaban J connectivity index is -0.000000733. The normalized spacial score (nSPS) is 11.1. The van der Waals surface area contributed by atoms with Crippen LogP contribution in [0.25, 0.3) is 0 Å². The van der Waals surface area contributed by atoms with Crippen molar-refractivity contribution in [3.63, 3.8) is 0 Å². The van der Waals surface area contributed by atoms with E-state index in [9.17, 15) is 19.2 Å². The molecule has 0 atom stereocenters. The molecule has 0 radical (unpaired) electrons. The number of hydrogen-bond acceptors (Lipinski definition) is 9. The van der Waals surface area contributed by atoms with Gasteiger partial charge >= 0.3 is 23.9 Å². The Bertz CT molecular complexity index is 897. The fourth-order valence-corrected chi connectivity index (χ4v) is 5.00. The Hall–Kier alpha value is -2.03. The van der Waals surface area contributed by atoms with E-state index < -0.39 is 5.97 Å². The molecule has 0 unspecified atom stereocenters. The second-order valence-corrected chi connectivity index (χ2v) is 16.5. The lowest BCUT2D eigenvalue weighted by Crippen LogP contribution is -2.26. The molecular formula is C42H80O8S. The predicted octanol–water partition coefficient (Wildman–Crippen LogP) is 11.6. The number of esters is 4. The molecule has 51 heavy (non-hydrogen) atoms. The van der Waals surface area contributed by atoms with Gasteiger partial charge in [-0.2, -0.15) is 11.8 Å². The van der Waals surface area contributed by atoms with Crippen LogP contribution in [0.15, 0.2) is 12.2 Å². The van der Waals surface area contributed by atoms with Gasteiger partial charge in [0.1, 0.15) is 0 Å². The molecule has 0 aromatic heterocycles. The lowest BCUT2D eigenvalue weighted by molar-refractivity contribution is -0.154. The lowest BCUT2D eigenvalue weighted by atomic mass is 9.91. The SMILES string of the molecule is C=C(C)C(=O)OCCCC(=O)OCCCCCCSC(C)C.CCC(C)(C)C(=O)OC.CCCCCCCCCCCCOC(=O)C(C)(C)CC. The second kappa shape index (κ2) is 35.0. The van der Waals surface area contributed by atoms with Gasteiger partial charge < -0.3 is 18.9 Å². The predicted molar refractivity (Wildman–Crippen MR) is 215 cm³/mol. The molecule has 0 saturated carbocycles. The molecule has 0 amide bonds. The van der Waals surface area contributed by atoms with E-state index in [4.69, 9.17) is 14.2 Å². The van der Waals surface area contributed by atoms with Crippen LogP contribution in [-0.2, 0) is 38.1 Å². The topological polar surface area (TPSA) is 105 Å². The van der Waals surface area contributed by atoms with Crippen LogP contribution < -0.4 is 0 Å². The van der Waals surface area contributed by atoms with Crippen LogP contribution in [0.3, 0.4) is 0 Å². The summed E-state index contributed by atoms with van der Waals surface area (Å²) >= 11 is 1.99. The van der Waals surface area contributed by atoms with E-state index in [-0.39, 0.29) is 41.8 Å². The van der Waals surface area contributed by atoms with Crippen molar-refractivity contribution >= 4 is 35.6 Å². The molecule has 0 aliphatic rings. The molecule has 0 rings (SSSR count). The molecule has 0 aliphatic heterocycles. The molecule has 9 heteroatoms. The first-order chi connectivity index (χ1) is 24.0. The van der Waals surface area contributed by atoms with Crippen LogP contribution in [0, 0.1) is 10.8 Å². The zero-order valence-corrected chi connectivity index (χ0v) is 35.8. The fourth-order valence-electron chi connectivity index (χ4n) is 4.15. The van der Waals surface area contributed by atoms with Gasteiger partial charge in [-0.25, -0.2) is 4.79 Å². The first-order valence-electron chi connectivity index (χ1n) is 19.9. The van der Waals surface area contributed by atoms with E-state index in [1.165, 1.54) is 83.5 Å². The Morgan fingerprint density at radius 1 is 0.608 bits per heavy atom. The molecule has 0 heterocycles. The van der Waals surface area contributed by atoms with Crippen molar-refractivity contribution in [2.75, 3.05) is 32.7 Å². The van der Waals surface area contributed by atoms with E-state index in [0.29, 0.717) is 30.5 Å². The summed E-state index contributed by atoms with van der Waals surface area (Å²) in [7, 11) is 1.42. The van der Waals surface area contributed by atoms with Gasteiger partial charge in [0.2, 0.25) is 0 Å². The van der Waals surface area contributed by atoms with Crippen LogP contribution in [0.2, 0.25) is 0 Å². The highest BCUT2D eigenvalue weighted by molar-refractivity contribution is 7.99. The average molecular weight is 745 g/mol. The number of methoxy groups -OCH3 is 1. The number of carbonyl (C=O) groups excluding carboxylic acids is 4. The van der Waals surface area contributed by atoms with Gasteiger partial charge in [0.05, 0.1) is 37.8 Å². The second-order valence-electron chi connectivity index (χ2n) is 14.9. The van der Waals surface area contributed by atoms with E-state index in [1.807, 2.05) is 53.3 Å². The standard InChI is InChI=1S/C18H36O2.C17H30O4S.C7H14O2/c1-5-7-8-9-10-11-12-13-14-15-16-20-17(19)18(3,4)6-2;1-14(2)17(19)21-12-9-10-16(18)20-11-7-5-6-8-13-22-15(3)4;1-5-7(2,3)6(8)9-4/h5-16H2,1-4H3;15H,1,5-13H2,2-4H3;5H2,1-4H3. The number of unbranched alkanes of at least 4 members (excludes halogenated alkanes) is 12. The van der Waals surface area contributed by atoms with Gasteiger partial charge in [-0.15, -0.1) is 0 Å². The van der Waals surface area contributed by atoms with Gasteiger partial charge in [-0.05, 0) is 84.1 Å². The van der Waals surface area contributed by atoms with Gasteiger partial charge in [-0.1, -0.05) is 112 Å². The van der Waals surface area contributed by atoms with Gasteiger partial charge in [0.25, 0.3) is 0 Å². The Kier molecular flexibility index (Phi) is 36.6. The molecule has 8 nitrogen and oxygen atoms in total.